The van der Waals surface area contributed by atoms with Crippen LogP contribution in [0, 0.1) is 0 Å². The third-order valence-electron chi connectivity index (χ3n) is 1.50. The average molecular weight is 183 g/mol. The van der Waals surface area contributed by atoms with Gasteiger partial charge in [-0.3, -0.25) is 0 Å². The summed E-state index contributed by atoms with van der Waals surface area (Å²) in [6.45, 7) is 7.01. The maximum atomic E-state index is 2.34. The second-order valence-electron chi connectivity index (χ2n) is 1.81. The Labute approximate surface area is 79.8 Å². The van der Waals surface area contributed by atoms with Crippen LogP contribution in [0.15, 0.2) is 0 Å². The van der Waals surface area contributed by atoms with Crippen LogP contribution in [0.3, 0.4) is 0 Å². The molecule has 0 spiro atoms. The molecule has 0 saturated carbocycles. The van der Waals surface area contributed by atoms with Gasteiger partial charge in [0.1, 0.15) is 0 Å². The van der Waals surface area contributed by atoms with Gasteiger partial charge in [-0.25, -0.2) is 0 Å². The van der Waals surface area contributed by atoms with Crippen molar-refractivity contribution in [3.05, 3.63) is 0 Å². The zero-order valence-corrected chi connectivity index (χ0v) is 10.7. The van der Waals surface area contributed by atoms with Crippen LogP contribution < -0.4 is 0 Å². The monoisotopic (exact) mass is 184 g/mol. The largest absolute Gasteiger partial charge is 0 e. The Kier molecular flexibility index (Phi) is 13.1. The second kappa shape index (κ2) is 8.54. The van der Waals surface area contributed by atoms with Gasteiger partial charge in [0.25, 0.3) is 0 Å². The molecule has 0 aromatic rings. The average Bonchev–Trinajstić information content (AvgIpc) is 1.72. The molecule has 0 aliphatic rings. The van der Waals surface area contributed by atoms with E-state index in [1.807, 2.05) is 0 Å². The van der Waals surface area contributed by atoms with Gasteiger partial charge in [-0.05, 0) is 0 Å². The molecular weight excluding hydrogens is 168 g/mol. The molecule has 0 N–H and O–H groups in total. The SMILES string of the molecule is C[CH2][Ge]([CH2]C)[CH2]C.[Na]. The van der Waals surface area contributed by atoms with E-state index in [4.69, 9.17) is 0 Å². The molecule has 0 atom stereocenters. The number of rotatable bonds is 3. The summed E-state index contributed by atoms with van der Waals surface area (Å²) in [5, 5.41) is 4.56. The molecule has 0 nitrogen and oxygen atoms in total. The van der Waals surface area contributed by atoms with Gasteiger partial charge < -0.3 is 0 Å². The van der Waals surface area contributed by atoms with Crippen LogP contribution in [-0.2, 0) is 0 Å². The zero-order chi connectivity index (χ0) is 5.70. The van der Waals surface area contributed by atoms with Crippen LogP contribution >= 0.6 is 0 Å². The molecule has 44 valence electrons. The van der Waals surface area contributed by atoms with Gasteiger partial charge in [0.15, 0.2) is 0 Å². The second-order valence-corrected chi connectivity index (χ2v) is 9.41. The van der Waals surface area contributed by atoms with Gasteiger partial charge in [0, 0.05) is 29.6 Å². The van der Waals surface area contributed by atoms with E-state index in [9.17, 15) is 0 Å². The molecule has 0 aliphatic heterocycles. The third kappa shape index (κ3) is 5.68. The fourth-order valence-corrected chi connectivity index (χ4v) is 3.90. The maximum absolute atomic E-state index is 2.34. The summed E-state index contributed by atoms with van der Waals surface area (Å²) < 4.78 is 0. The van der Waals surface area contributed by atoms with Crippen molar-refractivity contribution in [2.24, 2.45) is 0 Å². The van der Waals surface area contributed by atoms with Crippen molar-refractivity contribution < 1.29 is 0 Å². The minimum atomic E-state index is -0.403. The van der Waals surface area contributed by atoms with Gasteiger partial charge in [-0.2, -0.15) is 0 Å². The maximum Gasteiger partial charge on any atom is 0 e. The quantitative estimate of drug-likeness (QED) is 0.587. The van der Waals surface area contributed by atoms with E-state index < -0.39 is 14.3 Å². The van der Waals surface area contributed by atoms with Gasteiger partial charge in [0.2, 0.25) is 0 Å². The van der Waals surface area contributed by atoms with Gasteiger partial charge in [-0.1, -0.05) is 0 Å². The first-order chi connectivity index (χ1) is 3.35. The molecule has 8 heavy (non-hydrogen) atoms. The normalized spacial score (nSPS) is 9.00. The molecule has 2 radical (unpaired) electrons. The van der Waals surface area contributed by atoms with Gasteiger partial charge >= 0.3 is 50.9 Å². The van der Waals surface area contributed by atoms with E-state index in [1.165, 1.54) is 15.8 Å². The Bertz CT molecular complexity index is 30.0. The Morgan fingerprint density at radius 1 is 0.875 bits per heavy atom. The minimum Gasteiger partial charge on any atom is 0 e. The minimum absolute atomic E-state index is 0. The topological polar surface area (TPSA) is 0 Å². The summed E-state index contributed by atoms with van der Waals surface area (Å²) >= 11 is -0.403. The van der Waals surface area contributed by atoms with Crippen molar-refractivity contribution in [1.82, 2.24) is 0 Å². The fourth-order valence-electron chi connectivity index (χ4n) is 0.750. The summed E-state index contributed by atoms with van der Waals surface area (Å²) in [6, 6.07) is 0. The van der Waals surface area contributed by atoms with E-state index in [2.05, 4.69) is 20.8 Å². The van der Waals surface area contributed by atoms with Crippen molar-refractivity contribution in [1.29, 1.82) is 0 Å². The van der Waals surface area contributed by atoms with Crippen LogP contribution in [-0.4, -0.2) is 43.9 Å². The molecule has 0 saturated heterocycles. The summed E-state index contributed by atoms with van der Waals surface area (Å²) in [5.41, 5.74) is 0. The van der Waals surface area contributed by atoms with Crippen LogP contribution in [0.4, 0.5) is 0 Å². The predicted molar refractivity (Wildman–Crippen MR) is 43.0 cm³/mol. The first kappa shape index (κ1) is 12.2. The molecular formula is C6H15GeNa. The summed E-state index contributed by atoms with van der Waals surface area (Å²) in [6.07, 6.45) is 0. The van der Waals surface area contributed by atoms with Crippen molar-refractivity contribution in [2.45, 2.75) is 36.5 Å². The van der Waals surface area contributed by atoms with Crippen molar-refractivity contribution in [2.75, 3.05) is 0 Å². The van der Waals surface area contributed by atoms with Crippen LogP contribution in [0.5, 0.6) is 0 Å². The summed E-state index contributed by atoms with van der Waals surface area (Å²) in [4.78, 5) is 0. The van der Waals surface area contributed by atoms with Crippen molar-refractivity contribution in [3.63, 3.8) is 0 Å². The van der Waals surface area contributed by atoms with Crippen LogP contribution in [0.2, 0.25) is 15.8 Å². The Morgan fingerprint density at radius 3 is 1.12 bits per heavy atom. The van der Waals surface area contributed by atoms with Gasteiger partial charge in [-0.15, -0.1) is 0 Å². The molecule has 0 amide bonds. The molecule has 0 rings (SSSR count). The molecule has 0 unspecified atom stereocenters. The first-order valence-corrected chi connectivity index (χ1v) is 7.63. The van der Waals surface area contributed by atoms with Crippen LogP contribution in [0.1, 0.15) is 20.8 Å². The van der Waals surface area contributed by atoms with E-state index in [-0.39, 0.29) is 29.6 Å². The first-order valence-electron chi connectivity index (χ1n) is 3.18. The predicted octanol–water partition coefficient (Wildman–Crippen LogP) is 2.16. The molecule has 0 aliphatic carbocycles. The summed E-state index contributed by atoms with van der Waals surface area (Å²) in [5.74, 6) is 0. The summed E-state index contributed by atoms with van der Waals surface area (Å²) in [7, 11) is 0. The molecule has 0 heterocycles. The number of hydrogen-bond acceptors (Lipinski definition) is 0. The molecule has 0 aromatic heterocycles. The number of hydrogen-bond donors (Lipinski definition) is 0. The van der Waals surface area contributed by atoms with Crippen molar-refractivity contribution >= 4 is 43.9 Å². The third-order valence-corrected chi connectivity index (χ3v) is 7.79. The standard InChI is InChI=1S/C6H15Ge.Na/c1-4-7(5-2)6-3;/h4-6H2,1-3H3;. The van der Waals surface area contributed by atoms with Gasteiger partial charge in [0.05, 0.1) is 0 Å². The molecule has 2 heteroatoms. The Balaban J connectivity index is 0. The fraction of sp³-hybridized carbons (Fsp3) is 1.00. The zero-order valence-electron chi connectivity index (χ0n) is 6.62. The van der Waals surface area contributed by atoms with E-state index >= 15 is 0 Å². The Hall–Kier alpha value is 1.54. The van der Waals surface area contributed by atoms with E-state index in [0.717, 1.165) is 0 Å². The van der Waals surface area contributed by atoms with Crippen molar-refractivity contribution in [3.8, 4) is 0 Å². The van der Waals surface area contributed by atoms with Crippen LogP contribution in [0.25, 0.3) is 0 Å². The smallest absolute Gasteiger partial charge is 0 e. The molecule has 0 bridgehead atoms. The Morgan fingerprint density at radius 2 is 1.12 bits per heavy atom. The molecule has 0 fully saturated rings. The van der Waals surface area contributed by atoms with E-state index in [1.54, 1.807) is 0 Å². The van der Waals surface area contributed by atoms with E-state index in [0.29, 0.717) is 0 Å². The molecule has 0 aromatic carbocycles.